The molecule has 0 fully saturated rings. The molecular weight excluding hydrogens is 262 g/mol. The Morgan fingerprint density at radius 3 is 2.62 bits per heavy atom. The molecule has 1 heterocycles. The van der Waals surface area contributed by atoms with Crippen LogP contribution in [0.25, 0.3) is 22.4 Å². The smallest absolute Gasteiger partial charge is 0.138 e. The molecule has 21 heavy (non-hydrogen) atoms. The summed E-state index contributed by atoms with van der Waals surface area (Å²) >= 11 is 0. The Bertz CT molecular complexity index is 744. The summed E-state index contributed by atoms with van der Waals surface area (Å²) in [6.07, 6.45) is 0. The highest BCUT2D eigenvalue weighted by molar-refractivity contribution is 5.82. The third kappa shape index (κ3) is 2.99. The molecule has 0 bridgehead atoms. The van der Waals surface area contributed by atoms with Crippen molar-refractivity contribution < 1.29 is 4.74 Å². The lowest BCUT2D eigenvalue weighted by Gasteiger charge is -2.08. The van der Waals surface area contributed by atoms with Crippen LogP contribution < -0.4 is 10.5 Å². The number of rotatable bonds is 4. The van der Waals surface area contributed by atoms with Crippen molar-refractivity contribution >= 4 is 16.7 Å². The van der Waals surface area contributed by atoms with Gasteiger partial charge in [0.05, 0.1) is 17.6 Å². The molecule has 3 aromatic rings. The normalized spacial score (nSPS) is 11.2. The van der Waals surface area contributed by atoms with Gasteiger partial charge in [0.15, 0.2) is 0 Å². The lowest BCUT2D eigenvalue weighted by Crippen LogP contribution is -2.04. The van der Waals surface area contributed by atoms with Crippen molar-refractivity contribution in [2.45, 2.75) is 13.8 Å². The van der Waals surface area contributed by atoms with E-state index < -0.39 is 0 Å². The first-order valence-corrected chi connectivity index (χ1v) is 7.10. The maximum Gasteiger partial charge on any atom is 0.138 e. The fraction of sp³-hybridized carbons (Fsp3) is 0.235. The first-order chi connectivity index (χ1) is 10.1. The van der Waals surface area contributed by atoms with Crippen molar-refractivity contribution in [1.82, 2.24) is 9.97 Å². The molecule has 0 aliphatic carbocycles. The van der Waals surface area contributed by atoms with E-state index in [1.807, 2.05) is 42.5 Å². The van der Waals surface area contributed by atoms with E-state index in [1.54, 1.807) is 0 Å². The molecule has 4 nitrogen and oxygen atoms in total. The highest BCUT2D eigenvalue weighted by Crippen LogP contribution is 2.24. The predicted octanol–water partition coefficient (Wildman–Crippen LogP) is 3.85. The Kier molecular flexibility index (Phi) is 3.52. The van der Waals surface area contributed by atoms with Crippen LogP contribution >= 0.6 is 0 Å². The molecular formula is C17H19N3O. The number of anilines is 1. The van der Waals surface area contributed by atoms with Gasteiger partial charge in [0.1, 0.15) is 11.6 Å². The number of benzene rings is 2. The van der Waals surface area contributed by atoms with E-state index >= 15 is 0 Å². The predicted molar refractivity (Wildman–Crippen MR) is 86.3 cm³/mol. The summed E-state index contributed by atoms with van der Waals surface area (Å²) in [4.78, 5) is 7.87. The zero-order valence-electron chi connectivity index (χ0n) is 12.3. The van der Waals surface area contributed by atoms with Gasteiger partial charge in [0, 0.05) is 11.3 Å². The molecule has 4 heteroatoms. The second-order valence-electron chi connectivity index (χ2n) is 5.59. The third-order valence-electron chi connectivity index (χ3n) is 3.22. The monoisotopic (exact) mass is 281 g/mol. The minimum absolute atomic E-state index is 0.519. The van der Waals surface area contributed by atoms with Crippen LogP contribution in [-0.4, -0.2) is 16.6 Å². The van der Waals surface area contributed by atoms with Gasteiger partial charge in [0.2, 0.25) is 0 Å². The minimum Gasteiger partial charge on any atom is -0.493 e. The number of imidazole rings is 1. The Balaban J connectivity index is 1.85. The Morgan fingerprint density at radius 1 is 1.14 bits per heavy atom. The van der Waals surface area contributed by atoms with Gasteiger partial charge in [-0.3, -0.25) is 0 Å². The van der Waals surface area contributed by atoms with Gasteiger partial charge in [-0.1, -0.05) is 13.8 Å². The lowest BCUT2D eigenvalue weighted by atomic mass is 10.2. The van der Waals surface area contributed by atoms with E-state index in [-0.39, 0.29) is 0 Å². The van der Waals surface area contributed by atoms with Gasteiger partial charge >= 0.3 is 0 Å². The van der Waals surface area contributed by atoms with E-state index in [4.69, 9.17) is 10.5 Å². The number of H-pyrrole nitrogens is 1. The van der Waals surface area contributed by atoms with E-state index in [9.17, 15) is 0 Å². The highest BCUT2D eigenvalue weighted by Gasteiger charge is 2.06. The number of fused-ring (bicyclic) bond motifs is 1. The van der Waals surface area contributed by atoms with Crippen molar-refractivity contribution in [2.24, 2.45) is 5.92 Å². The van der Waals surface area contributed by atoms with E-state index in [0.29, 0.717) is 5.92 Å². The summed E-state index contributed by atoms with van der Waals surface area (Å²) in [6, 6.07) is 13.6. The minimum atomic E-state index is 0.519. The summed E-state index contributed by atoms with van der Waals surface area (Å²) in [5.74, 6) is 2.24. The molecule has 3 rings (SSSR count). The number of nitrogen functional groups attached to an aromatic ring is 1. The van der Waals surface area contributed by atoms with Crippen molar-refractivity contribution in [3.63, 3.8) is 0 Å². The van der Waals surface area contributed by atoms with Crippen LogP contribution in [0.2, 0.25) is 0 Å². The van der Waals surface area contributed by atoms with E-state index in [2.05, 4.69) is 23.8 Å². The molecule has 3 N–H and O–H groups in total. The van der Waals surface area contributed by atoms with Crippen LogP contribution in [0.3, 0.4) is 0 Å². The molecule has 0 aliphatic heterocycles. The molecule has 2 aromatic carbocycles. The van der Waals surface area contributed by atoms with E-state index in [1.165, 1.54) is 0 Å². The van der Waals surface area contributed by atoms with Crippen molar-refractivity contribution in [3.8, 4) is 17.1 Å². The van der Waals surface area contributed by atoms with Crippen LogP contribution in [-0.2, 0) is 0 Å². The molecule has 0 saturated carbocycles. The molecule has 0 amide bonds. The van der Waals surface area contributed by atoms with Gasteiger partial charge in [-0.15, -0.1) is 0 Å². The number of hydrogen-bond donors (Lipinski definition) is 2. The van der Waals surface area contributed by atoms with Gasteiger partial charge in [-0.05, 0) is 48.4 Å². The molecule has 0 radical (unpaired) electrons. The number of aromatic nitrogens is 2. The molecule has 0 saturated heterocycles. The molecule has 108 valence electrons. The first kappa shape index (κ1) is 13.5. The topological polar surface area (TPSA) is 63.9 Å². The number of ether oxygens (including phenoxy) is 1. The van der Waals surface area contributed by atoms with Crippen LogP contribution in [0.4, 0.5) is 5.69 Å². The van der Waals surface area contributed by atoms with Gasteiger partial charge in [-0.2, -0.15) is 0 Å². The van der Waals surface area contributed by atoms with Gasteiger partial charge in [-0.25, -0.2) is 4.98 Å². The molecule has 1 aromatic heterocycles. The summed E-state index contributed by atoms with van der Waals surface area (Å²) < 4.78 is 5.69. The van der Waals surface area contributed by atoms with Crippen LogP contribution in [0.1, 0.15) is 13.8 Å². The van der Waals surface area contributed by atoms with Crippen LogP contribution in [0.5, 0.6) is 5.75 Å². The van der Waals surface area contributed by atoms with Crippen molar-refractivity contribution in [1.29, 1.82) is 0 Å². The fourth-order valence-corrected chi connectivity index (χ4v) is 2.14. The lowest BCUT2D eigenvalue weighted by molar-refractivity contribution is 0.271. The second kappa shape index (κ2) is 5.48. The largest absolute Gasteiger partial charge is 0.493 e. The maximum absolute atomic E-state index is 5.79. The third-order valence-corrected chi connectivity index (χ3v) is 3.22. The number of nitrogens with one attached hydrogen (secondary N) is 1. The van der Waals surface area contributed by atoms with Crippen LogP contribution in [0.15, 0.2) is 42.5 Å². The number of hydrogen-bond acceptors (Lipinski definition) is 3. The number of nitrogens with zero attached hydrogens (tertiary/aromatic N) is 1. The van der Waals surface area contributed by atoms with E-state index in [0.717, 1.165) is 40.5 Å². The Labute approximate surface area is 124 Å². The SMILES string of the molecule is CC(C)COc1ccc(-c2nc3ccc(N)cc3[nH]2)cc1. The Hall–Kier alpha value is -2.49. The molecule has 0 aliphatic rings. The van der Waals surface area contributed by atoms with Gasteiger partial charge in [0.25, 0.3) is 0 Å². The standard InChI is InChI=1S/C17H19N3O/c1-11(2)10-21-14-6-3-12(4-7-14)17-19-15-8-5-13(18)9-16(15)20-17/h3-9,11H,10,18H2,1-2H3,(H,19,20). The fourth-order valence-electron chi connectivity index (χ4n) is 2.14. The zero-order chi connectivity index (χ0) is 14.8. The summed E-state index contributed by atoms with van der Waals surface area (Å²) in [6.45, 7) is 4.99. The average molecular weight is 281 g/mol. The van der Waals surface area contributed by atoms with Gasteiger partial charge < -0.3 is 15.5 Å². The second-order valence-corrected chi connectivity index (χ2v) is 5.59. The molecule has 0 unspecified atom stereocenters. The van der Waals surface area contributed by atoms with Crippen molar-refractivity contribution in [2.75, 3.05) is 12.3 Å². The zero-order valence-corrected chi connectivity index (χ0v) is 12.3. The summed E-state index contributed by atoms with van der Waals surface area (Å²) in [5.41, 5.74) is 9.41. The molecule has 0 atom stereocenters. The molecule has 0 spiro atoms. The summed E-state index contributed by atoms with van der Waals surface area (Å²) in [5, 5.41) is 0. The maximum atomic E-state index is 5.79. The Morgan fingerprint density at radius 2 is 1.90 bits per heavy atom. The van der Waals surface area contributed by atoms with Crippen molar-refractivity contribution in [3.05, 3.63) is 42.5 Å². The summed E-state index contributed by atoms with van der Waals surface area (Å²) in [7, 11) is 0. The highest BCUT2D eigenvalue weighted by atomic mass is 16.5. The average Bonchev–Trinajstić information content (AvgIpc) is 2.88. The number of nitrogens with two attached hydrogens (primary N) is 1. The first-order valence-electron chi connectivity index (χ1n) is 7.10. The quantitative estimate of drug-likeness (QED) is 0.714. The number of aromatic amines is 1. The van der Waals surface area contributed by atoms with Crippen LogP contribution in [0, 0.1) is 5.92 Å².